The third-order valence-corrected chi connectivity index (χ3v) is 53.6. The van der Waals surface area contributed by atoms with Gasteiger partial charge in [-0.05, 0) is 498 Å². The Bertz CT molecular complexity index is 9460. The van der Waals surface area contributed by atoms with Crippen molar-refractivity contribution in [3.63, 3.8) is 0 Å². The third-order valence-electron chi connectivity index (χ3n) is 28.0. The summed E-state index contributed by atoms with van der Waals surface area (Å²) >= 11 is 19.0. The predicted octanol–water partition coefficient (Wildman–Crippen LogP) is 43.7. The number of thiophene rings is 8. The number of allylic oxidation sites excluding steroid dienone is 1. The molecule has 26 heteroatoms. The number of benzene rings is 18. The molecule has 0 radical (unpaired) electrons. The van der Waals surface area contributed by atoms with Crippen molar-refractivity contribution in [2.45, 2.75) is 123 Å². The van der Waals surface area contributed by atoms with E-state index in [4.69, 9.17) is 0 Å². The van der Waals surface area contributed by atoms with Gasteiger partial charge in [0.2, 0.25) is 0 Å². The number of fused-ring (bicyclic) bond motifs is 23. The van der Waals surface area contributed by atoms with Gasteiger partial charge in [0.15, 0.2) is 0 Å². The van der Waals surface area contributed by atoms with Crippen LogP contribution in [0.1, 0.15) is 99.6 Å². The molecule has 0 unspecified atom stereocenters. The van der Waals surface area contributed by atoms with Crippen LogP contribution in [0.2, 0.25) is 13.3 Å². The van der Waals surface area contributed by atoms with Crippen molar-refractivity contribution in [3.8, 4) is 5.75 Å². The Balaban J connectivity index is 0.000000113. The number of unbranched alkanes of at least 4 members (excludes halogenated alkanes) is 3. The Morgan fingerprint density at radius 1 is 0.318 bits per heavy atom. The van der Waals surface area contributed by atoms with Crippen LogP contribution in [0.5, 0.6) is 5.75 Å². The van der Waals surface area contributed by atoms with Crippen LogP contribution in [0.25, 0.3) is 232 Å². The number of halogens is 8. The van der Waals surface area contributed by atoms with Gasteiger partial charge in [-0.1, -0.05) is 30.4 Å². The number of aromatic hydroxyl groups is 1. The van der Waals surface area contributed by atoms with Crippen molar-refractivity contribution >= 4 is 410 Å². The summed E-state index contributed by atoms with van der Waals surface area (Å²) in [7, 11) is -13.7. The first-order valence-corrected chi connectivity index (χ1v) is 73.5. The van der Waals surface area contributed by atoms with E-state index in [2.05, 4.69) is 389 Å². The molecule has 6 nitrogen and oxygen atoms in total. The molecule has 0 amide bonds. The van der Waals surface area contributed by atoms with E-state index in [1.807, 2.05) is 114 Å². The molecule has 8 aromatic heterocycles. The van der Waals surface area contributed by atoms with E-state index in [-0.39, 0.29) is 0 Å². The summed E-state index contributed by atoms with van der Waals surface area (Å²) in [5.74, 6) is 0.364. The molecule has 0 saturated carbocycles. The molecule has 0 aliphatic rings. The number of hydrogen-bond acceptors (Lipinski definition) is 15. The first-order chi connectivity index (χ1) is 71.2. The molecule has 0 aliphatic carbocycles. The normalized spacial score (nSPS) is 12.5. The van der Waals surface area contributed by atoms with Gasteiger partial charge in [-0.3, -0.25) is 0 Å². The van der Waals surface area contributed by atoms with Crippen LogP contribution in [0.4, 0.5) is 26.3 Å². The zero-order valence-electron chi connectivity index (χ0n) is 81.9. The second kappa shape index (κ2) is 43.8. The second-order valence-electron chi connectivity index (χ2n) is 38.0. The maximum atomic E-state index is 11.4. The van der Waals surface area contributed by atoms with Gasteiger partial charge < -0.3 is 5.11 Å². The zero-order valence-corrected chi connectivity index (χ0v) is 98.0. The first kappa shape index (κ1) is 105. The van der Waals surface area contributed by atoms with E-state index in [1.165, 1.54) is 285 Å². The Morgan fingerprint density at radius 2 is 0.554 bits per heavy atom. The fourth-order valence-electron chi connectivity index (χ4n) is 20.1. The van der Waals surface area contributed by atoms with Crippen LogP contribution in [-0.2, 0) is 23.9 Å². The number of rotatable bonds is 15. The summed E-state index contributed by atoms with van der Waals surface area (Å²) in [6, 6.07) is 96.4. The molecular formula is C122H98F6I2O6S11Sn. The van der Waals surface area contributed by atoms with Crippen molar-refractivity contribution < 1.29 is 51.9 Å². The molecular weight excluding hydrogens is 2400 g/mol. The Kier molecular flexibility index (Phi) is 31.2. The molecule has 0 spiro atoms. The van der Waals surface area contributed by atoms with Crippen LogP contribution in [0.3, 0.4) is 0 Å². The van der Waals surface area contributed by atoms with Crippen molar-refractivity contribution in [1.29, 1.82) is 0 Å². The Hall–Kier alpha value is -9.65. The maximum Gasteiger partial charge on any atom is 0.524 e. The Morgan fingerprint density at radius 3 is 0.845 bits per heavy atom. The topological polar surface area (TPSA) is 97.7 Å². The minimum atomic E-state index is -6.85. The van der Waals surface area contributed by atoms with Crippen molar-refractivity contribution in [2.75, 3.05) is 6.26 Å². The van der Waals surface area contributed by atoms with Gasteiger partial charge in [0, 0.05) is 90.5 Å². The minimum Gasteiger partial charge on any atom is -0.508 e. The molecule has 26 aromatic rings. The van der Waals surface area contributed by atoms with Crippen LogP contribution >= 0.6 is 140 Å². The van der Waals surface area contributed by atoms with E-state index in [9.17, 15) is 48.3 Å². The average molecular weight is 2500 g/mol. The van der Waals surface area contributed by atoms with Crippen LogP contribution < -0.4 is 0 Å². The zero-order chi connectivity index (χ0) is 104. The number of aryl methyl sites for hydroxylation is 4. The molecule has 148 heavy (non-hydrogen) atoms. The monoisotopic (exact) mass is 2500 g/mol. The molecule has 0 aliphatic heterocycles. The summed E-state index contributed by atoms with van der Waals surface area (Å²) in [5.41, 5.74) is -5.03. The number of thioether (sulfide) groups is 1. The summed E-state index contributed by atoms with van der Waals surface area (Å²) in [5, 5.41) is 64.7. The van der Waals surface area contributed by atoms with Crippen molar-refractivity contribution in [1.82, 2.24) is 0 Å². The fourth-order valence-corrected chi connectivity index (χ4v) is 44.5. The quantitative estimate of drug-likeness (QED) is 0.0208. The molecule has 26 rings (SSSR count). The molecule has 0 atom stereocenters. The third kappa shape index (κ3) is 22.1. The molecule has 748 valence electrons. The van der Waals surface area contributed by atoms with E-state index in [1.54, 1.807) is 24.6 Å². The largest absolute Gasteiger partial charge is 0.524 e. The molecule has 8 heterocycles. The SMILES string of the molecule is C/C=[CH]/[Sn]([CH2]CCC)([CH2]CCC)[CH2]CCC.CSc1cc2cc3cc4sccc4cc3cc2cc1/C=C/c1cc2cc3cc4ccsc4cc3cc2cc1C.Cc1cc2cc3cc4ccsc4cc3cc2cc1C.Cc1cc2cc3cc4sccc4cc3cc2cc1O.II.O=S(=O)(OS(=O)(=O)C(F)(F)F)C(F)(F)F.c1cc2cc3cc4cc5c(cc4cc3cc2s1)sc1c2cc3cc4cc6ccsc6cc4cc3cc2sc51. The van der Waals surface area contributed by atoms with E-state index < -0.39 is 49.6 Å². The summed E-state index contributed by atoms with van der Waals surface area (Å²) in [6.45, 7) is 17.8. The molecule has 0 bridgehead atoms. The number of hydrogen-bond donors (Lipinski definition) is 1. The van der Waals surface area contributed by atoms with Gasteiger partial charge in [0.05, 0.1) is 9.40 Å². The van der Waals surface area contributed by atoms with Crippen LogP contribution in [0, 0.1) is 27.7 Å². The maximum absolute atomic E-state index is 11.4. The second-order valence-corrected chi connectivity index (χ2v) is 62.9. The van der Waals surface area contributed by atoms with Gasteiger partial charge in [-0.25, -0.2) is 0 Å². The molecule has 0 saturated heterocycles. The van der Waals surface area contributed by atoms with E-state index in [0.717, 1.165) is 10.9 Å². The first-order valence-electron chi connectivity index (χ1n) is 48.5. The van der Waals surface area contributed by atoms with Crippen molar-refractivity contribution in [3.05, 3.63) is 331 Å². The number of phenolic OH excluding ortho intramolecular Hbond substituents is 1. The van der Waals surface area contributed by atoms with Crippen LogP contribution in [0.15, 0.2) is 302 Å². The predicted molar refractivity (Wildman–Crippen MR) is 663 cm³/mol. The van der Waals surface area contributed by atoms with Gasteiger partial charge in [0.25, 0.3) is 0 Å². The molecule has 1 N–H and O–H groups in total. The summed E-state index contributed by atoms with van der Waals surface area (Å²) in [4.78, 5) is 1.31. The summed E-state index contributed by atoms with van der Waals surface area (Å²) in [6.07, 6.45) is 17.7. The number of alkyl halides is 6. The van der Waals surface area contributed by atoms with Crippen molar-refractivity contribution in [2.24, 2.45) is 0 Å². The molecule has 0 fully saturated rings. The van der Waals surface area contributed by atoms with Gasteiger partial charge in [-0.2, -0.15) is 43.2 Å². The average Bonchev–Trinajstić information content (AvgIpc) is 1.56. The van der Waals surface area contributed by atoms with Gasteiger partial charge in [0.1, 0.15) is 5.75 Å². The Labute approximate surface area is 916 Å². The smallest absolute Gasteiger partial charge is 0.508 e. The fraction of sp³-hybridized carbons (Fsp3) is 0.164. The summed E-state index contributed by atoms with van der Waals surface area (Å²) < 4.78 is 131. The van der Waals surface area contributed by atoms with Gasteiger partial charge >= 0.3 is 139 Å². The van der Waals surface area contributed by atoms with Crippen LogP contribution in [-0.4, -0.2) is 57.6 Å². The van der Waals surface area contributed by atoms with E-state index >= 15 is 0 Å². The van der Waals surface area contributed by atoms with E-state index in [0.29, 0.717) is 5.75 Å². The standard InChI is InChI=1S/C36H24S3.C34H16S4.C18H14S.C17H12OS.3C4H9.C3H5.C2F6O5S2.I2.Sn/c1-21-9-26-14-32-19-35-24(5-7-38-35)12-29(32)15-27(26)10-22(21)3-4-23-11-28-16-30-13-25-6-8-39-36(25)20-33(30)17-31(28)18-34(23)37-2;1-3-35-29-13-23-9-25-15-31-27(11-21(25)7-19(23)5-17(1)29)33-34(37-31)28-12-22-8-20-6-18-2-4-36-30(18)14-24(20)10-26(22)16-32(28)38-33;1-11-5-14-8-16-7-13-3-4-19-18(13)10-17(16)9-15(14)6-12(11)2;1-10-4-12-6-15-9-17-11(2-3-19-17)5-13(15)7-14(12)8-16(10)18;3*1-3-4-2;1-3-2;3-1(4,5)14(9,10)13-15(11,12)2(6,7)8;1-2;/h3-20H,1-2H3;1-16H;3-10H,1-2H3;2-9,18H,1H3;3*1,3-4H2,2H3;1,3H,2H3;;;/b4-3+;;;;;;;;;;. The van der Waals surface area contributed by atoms with Gasteiger partial charge in [-0.15, -0.1) is 106 Å². The minimum absolute atomic E-state index is 0.364. The molecule has 18 aromatic carbocycles. The number of phenols is 1.